The molecule has 0 saturated carbocycles. The SMILES string of the molecule is CC(C)(C)c1ccc(C(=O)Nc2ccc(NCc3ccco3)cn2)cc1. The van der Waals surface area contributed by atoms with Gasteiger partial charge in [0.15, 0.2) is 0 Å². The molecule has 1 amide bonds. The van der Waals surface area contributed by atoms with Crippen LogP contribution < -0.4 is 10.6 Å². The fourth-order valence-electron chi connectivity index (χ4n) is 2.48. The Morgan fingerprint density at radius 2 is 1.85 bits per heavy atom. The Bertz CT molecular complexity index is 846. The number of aromatic nitrogens is 1. The molecule has 0 unspecified atom stereocenters. The molecule has 2 aromatic heterocycles. The first kappa shape index (κ1) is 17.7. The highest BCUT2D eigenvalue weighted by molar-refractivity contribution is 6.03. The van der Waals surface area contributed by atoms with E-state index in [9.17, 15) is 4.79 Å². The van der Waals surface area contributed by atoms with Crippen LogP contribution in [0, 0.1) is 0 Å². The number of benzene rings is 1. The highest BCUT2D eigenvalue weighted by Crippen LogP contribution is 2.22. The van der Waals surface area contributed by atoms with Gasteiger partial charge in [0.25, 0.3) is 5.91 Å². The van der Waals surface area contributed by atoms with Crippen LogP contribution in [0.25, 0.3) is 0 Å². The zero-order valence-electron chi connectivity index (χ0n) is 15.2. The van der Waals surface area contributed by atoms with Crippen molar-refractivity contribution in [3.8, 4) is 0 Å². The predicted molar refractivity (Wildman–Crippen MR) is 103 cm³/mol. The number of carbonyl (C=O) groups excluding carboxylic acids is 1. The molecule has 2 heterocycles. The van der Waals surface area contributed by atoms with Gasteiger partial charge in [0.2, 0.25) is 0 Å². The Kier molecular flexibility index (Phi) is 5.07. The lowest BCUT2D eigenvalue weighted by Crippen LogP contribution is -2.15. The highest BCUT2D eigenvalue weighted by Gasteiger charge is 2.14. The third-order valence-corrected chi connectivity index (χ3v) is 4.07. The van der Waals surface area contributed by atoms with E-state index in [0.717, 1.165) is 11.4 Å². The highest BCUT2D eigenvalue weighted by atomic mass is 16.3. The summed E-state index contributed by atoms with van der Waals surface area (Å²) in [4.78, 5) is 16.6. The number of carbonyl (C=O) groups is 1. The Morgan fingerprint density at radius 3 is 2.42 bits per heavy atom. The van der Waals surface area contributed by atoms with Gasteiger partial charge in [-0.3, -0.25) is 4.79 Å². The average molecular weight is 349 g/mol. The summed E-state index contributed by atoms with van der Waals surface area (Å²) >= 11 is 0. The molecule has 0 fully saturated rings. The van der Waals surface area contributed by atoms with E-state index < -0.39 is 0 Å². The van der Waals surface area contributed by atoms with E-state index in [4.69, 9.17) is 4.42 Å². The number of pyridine rings is 1. The number of amides is 1. The van der Waals surface area contributed by atoms with Crippen molar-refractivity contribution in [2.45, 2.75) is 32.7 Å². The number of nitrogens with one attached hydrogen (secondary N) is 2. The molecule has 1 aromatic carbocycles. The maximum atomic E-state index is 12.4. The van der Waals surface area contributed by atoms with E-state index in [1.807, 2.05) is 42.5 Å². The lowest BCUT2D eigenvalue weighted by Gasteiger charge is -2.19. The number of anilines is 2. The fourth-order valence-corrected chi connectivity index (χ4v) is 2.48. The molecule has 0 atom stereocenters. The van der Waals surface area contributed by atoms with Gasteiger partial charge in [-0.25, -0.2) is 4.98 Å². The van der Waals surface area contributed by atoms with Crippen LogP contribution in [0.3, 0.4) is 0 Å². The fraction of sp³-hybridized carbons (Fsp3) is 0.238. The van der Waals surface area contributed by atoms with Gasteiger partial charge in [0, 0.05) is 5.56 Å². The molecule has 0 saturated heterocycles. The number of hydrogen-bond donors (Lipinski definition) is 2. The number of rotatable bonds is 5. The Balaban J connectivity index is 1.58. The molecular formula is C21H23N3O2. The van der Waals surface area contributed by atoms with Gasteiger partial charge in [-0.2, -0.15) is 0 Å². The summed E-state index contributed by atoms with van der Waals surface area (Å²) in [5, 5.41) is 6.03. The molecular weight excluding hydrogens is 326 g/mol. The van der Waals surface area contributed by atoms with Crippen molar-refractivity contribution in [2.75, 3.05) is 10.6 Å². The largest absolute Gasteiger partial charge is 0.467 e. The second-order valence-electron chi connectivity index (χ2n) is 7.15. The van der Waals surface area contributed by atoms with E-state index in [1.165, 1.54) is 5.56 Å². The van der Waals surface area contributed by atoms with Crippen LogP contribution >= 0.6 is 0 Å². The maximum Gasteiger partial charge on any atom is 0.256 e. The van der Waals surface area contributed by atoms with Gasteiger partial charge >= 0.3 is 0 Å². The summed E-state index contributed by atoms with van der Waals surface area (Å²) in [6.45, 7) is 7.02. The number of hydrogen-bond acceptors (Lipinski definition) is 4. The molecule has 2 N–H and O–H groups in total. The van der Waals surface area contributed by atoms with E-state index in [2.05, 4.69) is 36.4 Å². The lowest BCUT2D eigenvalue weighted by molar-refractivity contribution is 0.102. The Morgan fingerprint density at radius 1 is 1.08 bits per heavy atom. The van der Waals surface area contributed by atoms with Gasteiger partial charge in [-0.05, 0) is 47.4 Å². The quantitative estimate of drug-likeness (QED) is 0.692. The monoisotopic (exact) mass is 349 g/mol. The smallest absolute Gasteiger partial charge is 0.256 e. The molecule has 0 aliphatic heterocycles. The van der Waals surface area contributed by atoms with Crippen molar-refractivity contribution in [3.63, 3.8) is 0 Å². The minimum atomic E-state index is -0.172. The van der Waals surface area contributed by atoms with Crippen LogP contribution in [0.2, 0.25) is 0 Å². The summed E-state index contributed by atoms with van der Waals surface area (Å²) < 4.78 is 5.27. The predicted octanol–water partition coefficient (Wildman–Crippen LogP) is 4.84. The molecule has 0 aliphatic rings. The summed E-state index contributed by atoms with van der Waals surface area (Å²) in [5.74, 6) is 1.19. The molecule has 0 radical (unpaired) electrons. The summed E-state index contributed by atoms with van der Waals surface area (Å²) in [6.07, 6.45) is 3.32. The lowest BCUT2D eigenvalue weighted by atomic mass is 9.87. The Hall–Kier alpha value is -3.08. The number of furan rings is 1. The molecule has 0 bridgehead atoms. The van der Waals surface area contributed by atoms with Gasteiger partial charge in [0.05, 0.1) is 24.7 Å². The van der Waals surface area contributed by atoms with Crippen LogP contribution in [0.4, 0.5) is 11.5 Å². The second kappa shape index (κ2) is 7.44. The maximum absolute atomic E-state index is 12.4. The van der Waals surface area contributed by atoms with Crippen LogP contribution in [0.1, 0.15) is 42.5 Å². The van der Waals surface area contributed by atoms with Crippen molar-refractivity contribution in [1.29, 1.82) is 0 Å². The van der Waals surface area contributed by atoms with Crippen LogP contribution in [-0.4, -0.2) is 10.9 Å². The van der Waals surface area contributed by atoms with Gasteiger partial charge < -0.3 is 15.1 Å². The van der Waals surface area contributed by atoms with Crippen LogP contribution in [0.15, 0.2) is 65.4 Å². The Labute approximate surface area is 153 Å². The normalized spacial score (nSPS) is 11.2. The van der Waals surface area contributed by atoms with Gasteiger partial charge in [-0.15, -0.1) is 0 Å². The van der Waals surface area contributed by atoms with Crippen LogP contribution in [-0.2, 0) is 12.0 Å². The molecule has 134 valence electrons. The van der Waals surface area contributed by atoms with Crippen molar-refractivity contribution < 1.29 is 9.21 Å². The topological polar surface area (TPSA) is 67.2 Å². The van der Waals surface area contributed by atoms with E-state index in [0.29, 0.717) is 17.9 Å². The second-order valence-corrected chi connectivity index (χ2v) is 7.15. The average Bonchev–Trinajstić information content (AvgIpc) is 3.14. The molecule has 5 heteroatoms. The van der Waals surface area contributed by atoms with E-state index in [-0.39, 0.29) is 11.3 Å². The van der Waals surface area contributed by atoms with Crippen molar-refractivity contribution >= 4 is 17.4 Å². The number of nitrogens with zero attached hydrogens (tertiary/aromatic N) is 1. The first-order chi connectivity index (χ1) is 12.4. The van der Waals surface area contributed by atoms with Crippen molar-refractivity contribution in [3.05, 3.63) is 77.9 Å². The first-order valence-corrected chi connectivity index (χ1v) is 8.56. The standard InChI is InChI=1S/C21H23N3O2/c1-21(2,3)16-8-6-15(7-9-16)20(25)24-19-11-10-17(13-23-19)22-14-18-5-4-12-26-18/h4-13,22H,14H2,1-3H3,(H,23,24,25). The minimum absolute atomic E-state index is 0.0645. The molecule has 0 aliphatic carbocycles. The summed E-state index contributed by atoms with van der Waals surface area (Å²) in [6, 6.07) is 15.1. The van der Waals surface area contributed by atoms with Gasteiger partial charge in [0.1, 0.15) is 11.6 Å². The van der Waals surface area contributed by atoms with Crippen LogP contribution in [0.5, 0.6) is 0 Å². The van der Waals surface area contributed by atoms with E-state index >= 15 is 0 Å². The molecule has 26 heavy (non-hydrogen) atoms. The van der Waals surface area contributed by atoms with E-state index in [1.54, 1.807) is 18.5 Å². The zero-order chi connectivity index (χ0) is 18.6. The first-order valence-electron chi connectivity index (χ1n) is 8.56. The van der Waals surface area contributed by atoms with Crippen molar-refractivity contribution in [2.24, 2.45) is 0 Å². The summed E-state index contributed by atoms with van der Waals surface area (Å²) in [7, 11) is 0. The zero-order valence-corrected chi connectivity index (χ0v) is 15.2. The molecule has 5 nitrogen and oxygen atoms in total. The minimum Gasteiger partial charge on any atom is -0.467 e. The molecule has 3 rings (SSSR count). The van der Waals surface area contributed by atoms with Crippen molar-refractivity contribution in [1.82, 2.24) is 4.98 Å². The molecule has 3 aromatic rings. The molecule has 0 spiro atoms. The summed E-state index contributed by atoms with van der Waals surface area (Å²) in [5.41, 5.74) is 2.72. The third-order valence-electron chi connectivity index (χ3n) is 4.07. The van der Waals surface area contributed by atoms with Gasteiger partial charge in [-0.1, -0.05) is 32.9 Å². The third kappa shape index (κ3) is 4.51.